The largest absolute Gasteiger partial charge is 0.378 e. The van der Waals surface area contributed by atoms with E-state index in [1.54, 1.807) is 0 Å². The van der Waals surface area contributed by atoms with Gasteiger partial charge in [0.05, 0.1) is 19.0 Å². The third-order valence-electron chi connectivity index (χ3n) is 3.44. The number of ether oxygens (including phenoxy) is 1. The summed E-state index contributed by atoms with van der Waals surface area (Å²) in [5.74, 6) is 1.16. The molecule has 0 amide bonds. The molecule has 0 N–H and O–H groups in total. The molecule has 0 saturated carbocycles. The molecule has 0 aliphatic carbocycles. The Hall–Kier alpha value is -0.990. The van der Waals surface area contributed by atoms with Gasteiger partial charge in [-0.05, 0) is 6.42 Å². The van der Waals surface area contributed by atoms with Crippen LogP contribution in [0.4, 0.5) is 0 Å². The molecule has 1 fully saturated rings. The molecule has 21 heavy (non-hydrogen) atoms. The predicted octanol–water partition coefficient (Wildman–Crippen LogP) is 1.70. The summed E-state index contributed by atoms with van der Waals surface area (Å²) in [6.07, 6.45) is 1.49. The van der Waals surface area contributed by atoms with Crippen LogP contribution in [-0.4, -0.2) is 48.4 Å². The van der Waals surface area contributed by atoms with Crippen LogP contribution in [0.2, 0.25) is 0 Å². The second-order valence-electron chi connectivity index (χ2n) is 5.52. The van der Waals surface area contributed by atoms with Gasteiger partial charge in [-0.15, -0.1) is 0 Å². The van der Waals surface area contributed by atoms with Gasteiger partial charge in [0.1, 0.15) is 6.04 Å². The van der Waals surface area contributed by atoms with Gasteiger partial charge >= 0.3 is 0 Å². The van der Waals surface area contributed by atoms with Crippen LogP contribution in [0.5, 0.6) is 0 Å². The lowest BCUT2D eigenvalue weighted by molar-refractivity contribution is 0.0282. The van der Waals surface area contributed by atoms with Gasteiger partial charge in [0, 0.05) is 12.5 Å². The van der Waals surface area contributed by atoms with Gasteiger partial charge in [0.2, 0.25) is 15.9 Å². The molecule has 7 nitrogen and oxygen atoms in total. The van der Waals surface area contributed by atoms with E-state index in [9.17, 15) is 8.42 Å². The van der Waals surface area contributed by atoms with Crippen molar-refractivity contribution < 1.29 is 17.7 Å². The van der Waals surface area contributed by atoms with Crippen LogP contribution in [0.3, 0.4) is 0 Å². The quantitative estimate of drug-likeness (QED) is 0.794. The Morgan fingerprint density at radius 1 is 1.43 bits per heavy atom. The minimum absolute atomic E-state index is 0.112. The van der Waals surface area contributed by atoms with E-state index < -0.39 is 16.1 Å². The van der Waals surface area contributed by atoms with E-state index in [-0.39, 0.29) is 18.3 Å². The fraction of sp³-hybridized carbons (Fsp3) is 0.846. The van der Waals surface area contributed by atoms with Gasteiger partial charge in [0.15, 0.2) is 5.82 Å². The van der Waals surface area contributed by atoms with Crippen LogP contribution in [-0.2, 0) is 14.8 Å². The number of morpholine rings is 1. The van der Waals surface area contributed by atoms with Crippen LogP contribution in [0.25, 0.3) is 0 Å². The average Bonchev–Trinajstić information content (AvgIpc) is 2.95. The fourth-order valence-corrected chi connectivity index (χ4v) is 3.97. The molecular weight excluding hydrogens is 294 g/mol. The Bertz CT molecular complexity index is 556. The standard InChI is InChI=1S/C13H23N3O4S/c1-4-5-8-21(17,18)16-6-7-19-9-11(16)12-14-13(10(2)3)20-15-12/h10-11H,4-9H2,1-3H3/t11-/m1/s1. The van der Waals surface area contributed by atoms with Crippen molar-refractivity contribution in [2.45, 2.75) is 45.6 Å². The maximum atomic E-state index is 12.5. The molecule has 0 aromatic carbocycles. The molecule has 0 spiro atoms. The average molecular weight is 317 g/mol. The van der Waals surface area contributed by atoms with Crippen molar-refractivity contribution in [3.05, 3.63) is 11.7 Å². The van der Waals surface area contributed by atoms with Crippen molar-refractivity contribution in [3.8, 4) is 0 Å². The number of sulfonamides is 1. The molecule has 2 heterocycles. The van der Waals surface area contributed by atoms with Crippen LogP contribution < -0.4 is 0 Å². The Balaban J connectivity index is 2.22. The summed E-state index contributed by atoms with van der Waals surface area (Å²) in [6.45, 7) is 6.87. The van der Waals surface area contributed by atoms with Gasteiger partial charge in [-0.1, -0.05) is 32.3 Å². The summed E-state index contributed by atoms with van der Waals surface area (Å²) in [5.41, 5.74) is 0. The number of unbranched alkanes of at least 4 members (excludes halogenated alkanes) is 1. The lowest BCUT2D eigenvalue weighted by Gasteiger charge is -2.32. The number of nitrogens with zero attached hydrogens (tertiary/aromatic N) is 3. The van der Waals surface area contributed by atoms with E-state index >= 15 is 0 Å². The highest BCUT2D eigenvalue weighted by Crippen LogP contribution is 2.26. The molecule has 1 aromatic rings. The van der Waals surface area contributed by atoms with Gasteiger partial charge in [0.25, 0.3) is 0 Å². The highest BCUT2D eigenvalue weighted by atomic mass is 32.2. The first kappa shape index (κ1) is 16.4. The van der Waals surface area contributed by atoms with E-state index in [0.717, 1.165) is 6.42 Å². The monoisotopic (exact) mass is 317 g/mol. The van der Waals surface area contributed by atoms with Crippen molar-refractivity contribution in [1.29, 1.82) is 0 Å². The lowest BCUT2D eigenvalue weighted by Crippen LogP contribution is -2.44. The van der Waals surface area contributed by atoms with Crippen molar-refractivity contribution >= 4 is 10.0 Å². The topological polar surface area (TPSA) is 85.5 Å². The number of hydrogen-bond acceptors (Lipinski definition) is 6. The second-order valence-corrected chi connectivity index (χ2v) is 7.56. The third-order valence-corrected chi connectivity index (χ3v) is 5.40. The van der Waals surface area contributed by atoms with E-state index in [1.165, 1.54) is 4.31 Å². The Morgan fingerprint density at radius 3 is 2.81 bits per heavy atom. The first-order chi connectivity index (χ1) is 9.95. The first-order valence-corrected chi connectivity index (χ1v) is 8.97. The van der Waals surface area contributed by atoms with Gasteiger partial charge < -0.3 is 9.26 Å². The molecule has 1 atom stereocenters. The molecule has 0 unspecified atom stereocenters. The summed E-state index contributed by atoms with van der Waals surface area (Å²) in [6, 6.07) is -0.489. The molecular formula is C13H23N3O4S. The van der Waals surface area contributed by atoms with Gasteiger partial charge in [-0.3, -0.25) is 0 Å². The predicted molar refractivity (Wildman–Crippen MR) is 77.3 cm³/mol. The third kappa shape index (κ3) is 3.81. The molecule has 120 valence electrons. The number of aromatic nitrogens is 2. The van der Waals surface area contributed by atoms with Crippen molar-refractivity contribution in [2.24, 2.45) is 0 Å². The minimum Gasteiger partial charge on any atom is -0.378 e. The molecule has 1 aromatic heterocycles. The minimum atomic E-state index is -3.32. The zero-order valence-electron chi connectivity index (χ0n) is 12.8. The molecule has 1 saturated heterocycles. The lowest BCUT2D eigenvalue weighted by atomic mass is 10.2. The fourth-order valence-electron chi connectivity index (χ4n) is 2.19. The summed E-state index contributed by atoms with van der Waals surface area (Å²) < 4.78 is 37.0. The van der Waals surface area contributed by atoms with Gasteiger partial charge in [-0.25, -0.2) is 8.42 Å². The van der Waals surface area contributed by atoms with Crippen molar-refractivity contribution in [2.75, 3.05) is 25.5 Å². The van der Waals surface area contributed by atoms with E-state index in [0.29, 0.717) is 31.3 Å². The van der Waals surface area contributed by atoms with Crippen LogP contribution in [0.15, 0.2) is 4.52 Å². The molecule has 0 bridgehead atoms. The zero-order chi connectivity index (χ0) is 15.5. The molecule has 0 radical (unpaired) electrons. The summed E-state index contributed by atoms with van der Waals surface area (Å²) in [5, 5.41) is 3.93. The van der Waals surface area contributed by atoms with E-state index in [4.69, 9.17) is 9.26 Å². The van der Waals surface area contributed by atoms with E-state index in [1.807, 2.05) is 20.8 Å². The Morgan fingerprint density at radius 2 is 2.19 bits per heavy atom. The van der Waals surface area contributed by atoms with Crippen LogP contribution in [0, 0.1) is 0 Å². The molecule has 8 heteroatoms. The number of rotatable bonds is 6. The van der Waals surface area contributed by atoms with Crippen molar-refractivity contribution in [3.63, 3.8) is 0 Å². The Kier molecular flexibility index (Phi) is 5.34. The van der Waals surface area contributed by atoms with Crippen LogP contribution >= 0.6 is 0 Å². The highest BCUT2D eigenvalue weighted by Gasteiger charge is 2.36. The Labute approximate surface area is 125 Å². The molecule has 1 aliphatic heterocycles. The first-order valence-electron chi connectivity index (χ1n) is 7.36. The van der Waals surface area contributed by atoms with Crippen molar-refractivity contribution in [1.82, 2.24) is 14.4 Å². The maximum absolute atomic E-state index is 12.5. The second kappa shape index (κ2) is 6.85. The van der Waals surface area contributed by atoms with Crippen LogP contribution in [0.1, 0.15) is 57.3 Å². The van der Waals surface area contributed by atoms with E-state index in [2.05, 4.69) is 10.1 Å². The number of hydrogen-bond donors (Lipinski definition) is 0. The highest BCUT2D eigenvalue weighted by molar-refractivity contribution is 7.89. The van der Waals surface area contributed by atoms with Gasteiger partial charge in [-0.2, -0.15) is 9.29 Å². The smallest absolute Gasteiger partial charge is 0.229 e. The maximum Gasteiger partial charge on any atom is 0.229 e. The SMILES string of the molecule is CCCCS(=O)(=O)N1CCOC[C@@H]1c1noc(C(C)C)n1. The normalized spacial score (nSPS) is 21.0. The summed E-state index contributed by atoms with van der Waals surface area (Å²) >= 11 is 0. The zero-order valence-corrected chi connectivity index (χ0v) is 13.6. The molecule has 2 rings (SSSR count). The summed E-state index contributed by atoms with van der Waals surface area (Å²) in [4.78, 5) is 4.31. The summed E-state index contributed by atoms with van der Waals surface area (Å²) in [7, 11) is -3.32. The molecule has 1 aliphatic rings.